The van der Waals surface area contributed by atoms with Crippen molar-refractivity contribution >= 4 is 27.5 Å². The number of aliphatic carboxylic acids is 1. The summed E-state index contributed by atoms with van der Waals surface area (Å²) in [6.45, 7) is 4.00. The third-order valence-corrected chi connectivity index (χ3v) is 5.04. The molecule has 6 nitrogen and oxygen atoms in total. The molecule has 1 N–H and O–H groups in total. The van der Waals surface area contributed by atoms with E-state index in [1.807, 2.05) is 43.5 Å². The molecule has 7 heteroatoms. The summed E-state index contributed by atoms with van der Waals surface area (Å²) in [6.07, 6.45) is -0.120. The summed E-state index contributed by atoms with van der Waals surface area (Å²) in [7, 11) is 1.60. The molecule has 0 radical (unpaired) electrons. The number of hydrogen-bond donors (Lipinski definition) is 1. The number of nitrogens with zero attached hydrogens (tertiary/aromatic N) is 2. The van der Waals surface area contributed by atoms with Crippen LogP contribution in [0.25, 0.3) is 21.3 Å². The van der Waals surface area contributed by atoms with Crippen LogP contribution in [-0.2, 0) is 11.3 Å². The second kappa shape index (κ2) is 7.29. The standard InChI is InChI=1S/C19H20N2O4S/c1-11(2)17-20-18-16(19(24)21(17)8-7-15(22)23)14(10-26-18)12-5-4-6-13(9-12)25-3/h4-6,9-11H,7-8H2,1-3H3,(H,22,23). The van der Waals surface area contributed by atoms with Gasteiger partial charge in [0.25, 0.3) is 5.56 Å². The predicted octanol–water partition coefficient (Wildman–Crippen LogP) is 3.73. The van der Waals surface area contributed by atoms with Crippen LogP contribution in [-0.4, -0.2) is 27.7 Å². The van der Waals surface area contributed by atoms with Gasteiger partial charge < -0.3 is 9.84 Å². The molecule has 0 aliphatic rings. The molecular formula is C19H20N2O4S. The fourth-order valence-electron chi connectivity index (χ4n) is 2.91. The maximum absolute atomic E-state index is 13.2. The number of ether oxygens (including phenoxy) is 1. The Morgan fingerprint density at radius 2 is 2.15 bits per heavy atom. The number of carbonyl (C=O) groups is 1. The van der Waals surface area contributed by atoms with E-state index in [-0.39, 0.29) is 24.4 Å². The maximum Gasteiger partial charge on any atom is 0.305 e. The zero-order chi connectivity index (χ0) is 18.8. The van der Waals surface area contributed by atoms with E-state index in [1.165, 1.54) is 15.9 Å². The summed E-state index contributed by atoms with van der Waals surface area (Å²) >= 11 is 1.42. The molecule has 2 aromatic heterocycles. The molecule has 0 unspecified atom stereocenters. The van der Waals surface area contributed by atoms with Gasteiger partial charge in [-0.15, -0.1) is 11.3 Å². The Balaban J connectivity index is 2.23. The summed E-state index contributed by atoms with van der Waals surface area (Å²) in [5.41, 5.74) is 1.47. The van der Waals surface area contributed by atoms with E-state index in [1.54, 1.807) is 7.11 Å². The molecular weight excluding hydrogens is 352 g/mol. The lowest BCUT2D eigenvalue weighted by Crippen LogP contribution is -2.27. The van der Waals surface area contributed by atoms with Gasteiger partial charge in [-0.05, 0) is 17.7 Å². The fourth-order valence-corrected chi connectivity index (χ4v) is 3.85. The number of hydrogen-bond acceptors (Lipinski definition) is 5. The van der Waals surface area contributed by atoms with Crippen molar-refractivity contribution in [2.75, 3.05) is 7.11 Å². The van der Waals surface area contributed by atoms with Crippen LogP contribution in [0.15, 0.2) is 34.4 Å². The van der Waals surface area contributed by atoms with E-state index in [9.17, 15) is 9.59 Å². The van der Waals surface area contributed by atoms with Gasteiger partial charge in [-0.3, -0.25) is 14.2 Å². The topological polar surface area (TPSA) is 81.4 Å². The van der Waals surface area contributed by atoms with Gasteiger partial charge in [0.05, 0.1) is 18.9 Å². The molecule has 0 aliphatic heterocycles. The Labute approximate surface area is 154 Å². The molecule has 2 heterocycles. The molecule has 136 valence electrons. The number of thiophene rings is 1. The van der Waals surface area contributed by atoms with Gasteiger partial charge in [-0.1, -0.05) is 26.0 Å². The fraction of sp³-hybridized carbons (Fsp3) is 0.316. The first-order valence-electron chi connectivity index (χ1n) is 8.30. The van der Waals surface area contributed by atoms with Gasteiger partial charge in [0.1, 0.15) is 16.4 Å². The molecule has 0 aliphatic carbocycles. The van der Waals surface area contributed by atoms with Crippen molar-refractivity contribution in [2.24, 2.45) is 0 Å². The Morgan fingerprint density at radius 1 is 1.38 bits per heavy atom. The van der Waals surface area contributed by atoms with Gasteiger partial charge in [0, 0.05) is 23.4 Å². The summed E-state index contributed by atoms with van der Waals surface area (Å²) < 4.78 is 6.77. The molecule has 0 spiro atoms. The lowest BCUT2D eigenvalue weighted by Gasteiger charge is -2.14. The highest BCUT2D eigenvalue weighted by molar-refractivity contribution is 7.17. The zero-order valence-electron chi connectivity index (χ0n) is 14.9. The first kappa shape index (κ1) is 18.1. The van der Waals surface area contributed by atoms with E-state index in [2.05, 4.69) is 4.98 Å². The van der Waals surface area contributed by atoms with E-state index >= 15 is 0 Å². The van der Waals surface area contributed by atoms with Crippen LogP contribution in [0.3, 0.4) is 0 Å². The number of aromatic nitrogens is 2. The summed E-state index contributed by atoms with van der Waals surface area (Å²) in [5.74, 6) is 0.399. The monoisotopic (exact) mass is 372 g/mol. The Kier molecular flexibility index (Phi) is 5.08. The lowest BCUT2D eigenvalue weighted by atomic mass is 10.1. The molecule has 26 heavy (non-hydrogen) atoms. The number of methoxy groups -OCH3 is 1. The van der Waals surface area contributed by atoms with Crippen LogP contribution >= 0.6 is 11.3 Å². The van der Waals surface area contributed by atoms with Crippen molar-refractivity contribution in [2.45, 2.75) is 32.7 Å². The van der Waals surface area contributed by atoms with E-state index in [0.29, 0.717) is 21.8 Å². The van der Waals surface area contributed by atoms with Crippen LogP contribution < -0.4 is 10.3 Å². The first-order chi connectivity index (χ1) is 12.4. The normalized spacial score (nSPS) is 11.2. The van der Waals surface area contributed by atoms with Crippen LogP contribution in [0, 0.1) is 0 Å². The Morgan fingerprint density at radius 3 is 2.81 bits per heavy atom. The van der Waals surface area contributed by atoms with E-state index in [4.69, 9.17) is 9.84 Å². The number of benzene rings is 1. The summed E-state index contributed by atoms with van der Waals surface area (Å²) in [4.78, 5) is 29.5. The third kappa shape index (κ3) is 3.35. The summed E-state index contributed by atoms with van der Waals surface area (Å²) in [5, 5.41) is 11.5. The number of carboxylic acids is 1. The van der Waals surface area contributed by atoms with Crippen molar-refractivity contribution in [3.8, 4) is 16.9 Å². The second-order valence-corrected chi connectivity index (χ2v) is 7.14. The maximum atomic E-state index is 13.2. The molecule has 0 saturated heterocycles. The van der Waals surface area contributed by atoms with Crippen LogP contribution in [0.1, 0.15) is 32.0 Å². The minimum atomic E-state index is -0.940. The highest BCUT2D eigenvalue weighted by Gasteiger charge is 2.19. The van der Waals surface area contributed by atoms with Gasteiger partial charge in [0.2, 0.25) is 0 Å². The smallest absolute Gasteiger partial charge is 0.305 e. The van der Waals surface area contributed by atoms with Gasteiger partial charge in [-0.2, -0.15) is 0 Å². The van der Waals surface area contributed by atoms with E-state index in [0.717, 1.165) is 11.1 Å². The molecule has 0 amide bonds. The highest BCUT2D eigenvalue weighted by atomic mass is 32.1. The minimum Gasteiger partial charge on any atom is -0.497 e. The number of rotatable bonds is 6. The van der Waals surface area contributed by atoms with Gasteiger partial charge >= 0.3 is 5.97 Å². The highest BCUT2D eigenvalue weighted by Crippen LogP contribution is 2.33. The van der Waals surface area contributed by atoms with Gasteiger partial charge in [0.15, 0.2) is 0 Å². The number of carboxylic acid groups (broad SMARTS) is 1. The Bertz CT molecular complexity index is 1020. The average Bonchev–Trinajstić information content (AvgIpc) is 3.04. The van der Waals surface area contributed by atoms with Crippen molar-refractivity contribution < 1.29 is 14.6 Å². The quantitative estimate of drug-likeness (QED) is 0.713. The Hall–Kier alpha value is -2.67. The SMILES string of the molecule is COc1cccc(-c2csc3nc(C(C)C)n(CCC(=O)O)c(=O)c23)c1. The molecule has 3 aromatic rings. The molecule has 1 aromatic carbocycles. The van der Waals surface area contributed by atoms with Crippen molar-refractivity contribution in [3.05, 3.63) is 45.8 Å². The first-order valence-corrected chi connectivity index (χ1v) is 9.18. The van der Waals surface area contributed by atoms with E-state index < -0.39 is 5.97 Å². The molecule has 0 atom stereocenters. The molecule has 0 fully saturated rings. The van der Waals surface area contributed by atoms with Crippen molar-refractivity contribution in [1.82, 2.24) is 9.55 Å². The van der Waals surface area contributed by atoms with Crippen molar-refractivity contribution in [3.63, 3.8) is 0 Å². The predicted molar refractivity (Wildman–Crippen MR) is 102 cm³/mol. The molecule has 0 saturated carbocycles. The van der Waals surface area contributed by atoms with Crippen LogP contribution in [0.2, 0.25) is 0 Å². The van der Waals surface area contributed by atoms with Crippen LogP contribution in [0.4, 0.5) is 0 Å². The van der Waals surface area contributed by atoms with Gasteiger partial charge in [-0.25, -0.2) is 4.98 Å². The largest absolute Gasteiger partial charge is 0.497 e. The molecule has 0 bridgehead atoms. The summed E-state index contributed by atoms with van der Waals surface area (Å²) in [6, 6.07) is 7.51. The minimum absolute atomic E-state index is 0.0169. The number of fused-ring (bicyclic) bond motifs is 1. The van der Waals surface area contributed by atoms with Crippen LogP contribution in [0.5, 0.6) is 5.75 Å². The van der Waals surface area contributed by atoms with Crippen molar-refractivity contribution in [1.29, 1.82) is 0 Å². The third-order valence-electron chi connectivity index (χ3n) is 4.17. The average molecular weight is 372 g/mol. The zero-order valence-corrected chi connectivity index (χ0v) is 15.7. The second-order valence-electron chi connectivity index (χ2n) is 6.29. The molecule has 3 rings (SSSR count). The lowest BCUT2D eigenvalue weighted by molar-refractivity contribution is -0.137.